The number of rotatable bonds is 9. The van der Waals surface area contributed by atoms with Crippen molar-refractivity contribution in [3.05, 3.63) is 69.5 Å². The highest BCUT2D eigenvalue weighted by Crippen LogP contribution is 2.28. The topological polar surface area (TPSA) is 95.0 Å². The molecule has 9 nitrogen and oxygen atoms in total. The monoisotopic (exact) mass is 613 g/mol. The average molecular weight is 614 g/mol. The molecule has 2 aromatic carbocycles. The van der Waals surface area contributed by atoms with Crippen LogP contribution in [-0.4, -0.2) is 80.5 Å². The number of benzene rings is 2. The fourth-order valence-corrected chi connectivity index (χ4v) is 7.72. The third-order valence-corrected chi connectivity index (χ3v) is 10.8. The summed E-state index contributed by atoms with van der Waals surface area (Å²) in [5.41, 5.74) is 1.27. The van der Waals surface area contributed by atoms with Gasteiger partial charge in [0.1, 0.15) is 5.56 Å². The zero-order chi connectivity index (χ0) is 29.9. The zero-order valence-corrected chi connectivity index (χ0v) is 26.0. The molecule has 0 atom stereocenters. The molecule has 1 saturated heterocycles. The fraction of sp³-hybridized carbons (Fsp3) is 0.484. The van der Waals surface area contributed by atoms with Gasteiger partial charge < -0.3 is 14.8 Å². The Morgan fingerprint density at radius 2 is 1.79 bits per heavy atom. The van der Waals surface area contributed by atoms with Crippen molar-refractivity contribution in [3.8, 4) is 0 Å². The third-order valence-electron chi connectivity index (χ3n) is 8.66. The summed E-state index contributed by atoms with van der Waals surface area (Å²) in [5, 5.41) is 3.86. The van der Waals surface area contributed by atoms with Crippen molar-refractivity contribution in [1.82, 2.24) is 19.1 Å². The first-order chi connectivity index (χ1) is 20.2. The summed E-state index contributed by atoms with van der Waals surface area (Å²) in [6, 6.07) is 12.5. The summed E-state index contributed by atoms with van der Waals surface area (Å²) < 4.78 is 30.3. The molecule has 11 heteroatoms. The van der Waals surface area contributed by atoms with Gasteiger partial charge >= 0.3 is 0 Å². The van der Waals surface area contributed by atoms with Crippen LogP contribution in [0.2, 0.25) is 5.02 Å². The number of sulfonamides is 1. The minimum atomic E-state index is -3.78. The van der Waals surface area contributed by atoms with Gasteiger partial charge in [0.2, 0.25) is 15.5 Å². The van der Waals surface area contributed by atoms with E-state index in [1.165, 1.54) is 10.4 Å². The molecule has 2 aliphatic rings. The van der Waals surface area contributed by atoms with Gasteiger partial charge in [0.25, 0.3) is 5.91 Å². The van der Waals surface area contributed by atoms with Crippen LogP contribution in [0.3, 0.4) is 0 Å². The highest BCUT2D eigenvalue weighted by molar-refractivity contribution is 7.89. The lowest BCUT2D eigenvalue weighted by molar-refractivity contribution is 0.0946. The van der Waals surface area contributed by atoms with Gasteiger partial charge in [-0.25, -0.2) is 8.42 Å². The molecule has 0 unspecified atom stereocenters. The summed E-state index contributed by atoms with van der Waals surface area (Å²) in [6.07, 6.45) is 6.42. The Labute approximate surface area is 253 Å². The van der Waals surface area contributed by atoms with Gasteiger partial charge in [-0.3, -0.25) is 14.5 Å². The second kappa shape index (κ2) is 13.2. The highest BCUT2D eigenvalue weighted by atomic mass is 35.5. The van der Waals surface area contributed by atoms with Crippen molar-refractivity contribution in [1.29, 1.82) is 0 Å². The van der Waals surface area contributed by atoms with E-state index in [0.717, 1.165) is 69.0 Å². The zero-order valence-electron chi connectivity index (χ0n) is 24.4. The van der Waals surface area contributed by atoms with Crippen molar-refractivity contribution < 1.29 is 13.2 Å². The number of nitrogens with one attached hydrogen (secondary N) is 1. The molecule has 1 saturated carbocycles. The van der Waals surface area contributed by atoms with Crippen LogP contribution in [0.25, 0.3) is 10.9 Å². The van der Waals surface area contributed by atoms with Crippen molar-refractivity contribution >= 4 is 44.1 Å². The number of anilines is 1. The first-order valence-electron chi connectivity index (χ1n) is 14.9. The maximum Gasteiger partial charge on any atom is 0.256 e. The Balaban J connectivity index is 1.27. The van der Waals surface area contributed by atoms with Gasteiger partial charge in [-0.05, 0) is 56.2 Å². The second-order valence-electron chi connectivity index (χ2n) is 11.2. The van der Waals surface area contributed by atoms with Crippen molar-refractivity contribution in [3.63, 3.8) is 0 Å². The lowest BCUT2D eigenvalue weighted by Gasteiger charge is -2.36. The van der Waals surface area contributed by atoms with E-state index in [0.29, 0.717) is 25.2 Å². The smallest absolute Gasteiger partial charge is 0.256 e. The summed E-state index contributed by atoms with van der Waals surface area (Å²) in [6.45, 7) is 6.96. The largest absolute Gasteiger partial charge is 0.369 e. The van der Waals surface area contributed by atoms with E-state index >= 15 is 0 Å². The molecule has 1 aromatic heterocycles. The van der Waals surface area contributed by atoms with Gasteiger partial charge in [0.05, 0.1) is 10.4 Å². The van der Waals surface area contributed by atoms with E-state index in [9.17, 15) is 18.0 Å². The van der Waals surface area contributed by atoms with E-state index in [-0.39, 0.29) is 21.9 Å². The number of carbonyl (C=O) groups excluding carboxylic acids is 1. The van der Waals surface area contributed by atoms with Crippen LogP contribution in [0.15, 0.2) is 58.4 Å². The van der Waals surface area contributed by atoms with E-state index in [4.69, 9.17) is 11.6 Å². The molecule has 1 aliphatic carbocycles. The summed E-state index contributed by atoms with van der Waals surface area (Å²) >= 11 is 6.14. The number of fused-ring (bicyclic) bond motifs is 1. The molecule has 1 aliphatic heterocycles. The number of aromatic nitrogens is 1. The van der Waals surface area contributed by atoms with Crippen LogP contribution >= 0.6 is 11.6 Å². The van der Waals surface area contributed by atoms with Crippen LogP contribution < -0.4 is 15.6 Å². The predicted octanol–water partition coefficient (Wildman–Crippen LogP) is 4.18. The summed E-state index contributed by atoms with van der Waals surface area (Å²) in [4.78, 5) is 31.4. The predicted molar refractivity (Wildman–Crippen MR) is 168 cm³/mol. The van der Waals surface area contributed by atoms with Crippen LogP contribution in [0, 0.1) is 0 Å². The molecular weight excluding hydrogens is 574 g/mol. The summed E-state index contributed by atoms with van der Waals surface area (Å²) in [7, 11) is -2.16. The van der Waals surface area contributed by atoms with Crippen LogP contribution in [-0.2, 0) is 16.6 Å². The quantitative estimate of drug-likeness (QED) is 0.389. The molecule has 0 radical (unpaired) electrons. The maximum absolute atomic E-state index is 13.5. The van der Waals surface area contributed by atoms with Crippen LogP contribution in [0.5, 0.6) is 0 Å². The van der Waals surface area contributed by atoms with Gasteiger partial charge in [-0.2, -0.15) is 4.31 Å². The van der Waals surface area contributed by atoms with E-state index < -0.39 is 21.4 Å². The molecule has 226 valence electrons. The molecule has 1 N–H and O–H groups in total. The van der Waals surface area contributed by atoms with Gasteiger partial charge in [0, 0.05) is 81.2 Å². The van der Waals surface area contributed by atoms with Gasteiger partial charge in [-0.1, -0.05) is 36.9 Å². The highest BCUT2D eigenvalue weighted by Gasteiger charge is 2.30. The van der Waals surface area contributed by atoms with Crippen LogP contribution in [0.1, 0.15) is 49.4 Å². The van der Waals surface area contributed by atoms with Crippen molar-refractivity contribution in [2.24, 2.45) is 0 Å². The lowest BCUT2D eigenvalue weighted by atomic mass is 9.96. The molecule has 5 rings (SSSR count). The van der Waals surface area contributed by atoms with Crippen LogP contribution in [0.4, 0.5) is 5.69 Å². The van der Waals surface area contributed by atoms with Crippen molar-refractivity contribution in [2.45, 2.75) is 56.5 Å². The number of halogens is 1. The molecule has 42 heavy (non-hydrogen) atoms. The standard InChI is InChI=1S/C31H40ClN5O4S/c1-3-36-22-28(31(39)33-14-15-35-16-18-37(19-17-35)25-11-7-8-23(32)20-25)30(38)27-21-26(12-13-29(27)36)42(40,41)34(2)24-9-5-4-6-10-24/h7-8,11-13,20-22,24H,3-6,9-10,14-19H2,1-2H3,(H,33,39). The minimum Gasteiger partial charge on any atom is -0.369 e. The SMILES string of the molecule is CCn1cc(C(=O)NCCN2CCN(c3cccc(Cl)c3)CC2)c(=O)c2cc(S(=O)(=O)N(C)C3CCCCC3)ccc21. The first kappa shape index (κ1) is 30.5. The lowest BCUT2D eigenvalue weighted by Crippen LogP contribution is -2.48. The Bertz CT molecular complexity index is 1590. The van der Waals surface area contributed by atoms with E-state index in [1.54, 1.807) is 25.4 Å². The number of hydrogen-bond acceptors (Lipinski definition) is 6. The molecule has 2 fully saturated rings. The number of nitrogens with zero attached hydrogens (tertiary/aromatic N) is 4. The Hall–Kier alpha value is -2.92. The molecule has 0 bridgehead atoms. The summed E-state index contributed by atoms with van der Waals surface area (Å²) in [5.74, 6) is -0.450. The normalized spacial score (nSPS) is 17.2. The number of carbonyl (C=O) groups is 1. The Morgan fingerprint density at radius 3 is 2.48 bits per heavy atom. The number of aryl methyl sites for hydroxylation is 1. The molecule has 3 aromatic rings. The van der Waals surface area contributed by atoms with Gasteiger partial charge in [-0.15, -0.1) is 0 Å². The molecule has 1 amide bonds. The Kier molecular flexibility index (Phi) is 9.57. The number of pyridine rings is 1. The average Bonchev–Trinajstić information content (AvgIpc) is 3.01. The van der Waals surface area contributed by atoms with Gasteiger partial charge in [0.15, 0.2) is 0 Å². The van der Waals surface area contributed by atoms with E-state index in [2.05, 4.69) is 21.2 Å². The number of amides is 1. The second-order valence-corrected chi connectivity index (χ2v) is 13.6. The minimum absolute atomic E-state index is 0.0188. The number of piperazine rings is 1. The number of hydrogen-bond donors (Lipinski definition) is 1. The molecular formula is C31H40ClN5O4S. The Morgan fingerprint density at radius 1 is 1.05 bits per heavy atom. The fourth-order valence-electron chi connectivity index (χ4n) is 6.09. The first-order valence-corrected chi connectivity index (χ1v) is 16.7. The van der Waals surface area contributed by atoms with E-state index in [1.807, 2.05) is 29.7 Å². The molecule has 2 heterocycles. The molecule has 0 spiro atoms. The maximum atomic E-state index is 13.5. The van der Waals surface area contributed by atoms with Crippen molar-refractivity contribution in [2.75, 3.05) is 51.2 Å². The third kappa shape index (κ3) is 6.51.